The standard InChI is InChI=1S/C15H20FNO3/c1-20-7-6-15(4-5-15)14(19)17-9-11-2-3-13(16)12(8-11)10-18/h2-3,8,18H,4-7,9-10H2,1H3,(H,17,19). The topological polar surface area (TPSA) is 58.6 Å². The summed E-state index contributed by atoms with van der Waals surface area (Å²) >= 11 is 0. The van der Waals surface area contributed by atoms with Crippen molar-refractivity contribution in [2.24, 2.45) is 5.41 Å². The summed E-state index contributed by atoms with van der Waals surface area (Å²) in [6.45, 7) is 0.588. The van der Waals surface area contributed by atoms with Gasteiger partial charge in [-0.3, -0.25) is 4.79 Å². The highest BCUT2D eigenvalue weighted by molar-refractivity contribution is 5.85. The Hall–Kier alpha value is -1.46. The first-order chi connectivity index (χ1) is 9.61. The molecular formula is C15H20FNO3. The van der Waals surface area contributed by atoms with E-state index < -0.39 is 5.82 Å². The van der Waals surface area contributed by atoms with Gasteiger partial charge in [0.05, 0.1) is 12.0 Å². The lowest BCUT2D eigenvalue weighted by Gasteiger charge is -2.15. The molecule has 2 rings (SSSR count). The summed E-state index contributed by atoms with van der Waals surface area (Å²) in [5, 5.41) is 11.9. The third-order valence-electron chi connectivity index (χ3n) is 3.85. The Balaban J connectivity index is 1.90. The zero-order chi connectivity index (χ0) is 14.6. The van der Waals surface area contributed by atoms with E-state index in [1.807, 2.05) is 0 Å². The molecule has 0 saturated heterocycles. The average molecular weight is 281 g/mol. The van der Waals surface area contributed by atoms with E-state index in [1.54, 1.807) is 19.2 Å². The molecule has 1 amide bonds. The van der Waals surface area contributed by atoms with Gasteiger partial charge in [-0.05, 0) is 37.0 Å². The SMILES string of the molecule is COCCC1(C(=O)NCc2ccc(F)c(CO)c2)CC1. The number of amides is 1. The van der Waals surface area contributed by atoms with Crippen LogP contribution in [0.2, 0.25) is 0 Å². The normalized spacial score (nSPS) is 15.9. The van der Waals surface area contributed by atoms with Crippen LogP contribution in [-0.2, 0) is 22.7 Å². The zero-order valence-electron chi connectivity index (χ0n) is 11.6. The van der Waals surface area contributed by atoms with Crippen LogP contribution in [-0.4, -0.2) is 24.7 Å². The van der Waals surface area contributed by atoms with Crippen molar-refractivity contribution in [2.75, 3.05) is 13.7 Å². The molecule has 5 heteroatoms. The van der Waals surface area contributed by atoms with Crippen LogP contribution in [0.1, 0.15) is 30.4 Å². The average Bonchev–Trinajstić information content (AvgIpc) is 3.25. The molecule has 0 atom stereocenters. The number of carbonyl (C=O) groups excluding carboxylic acids is 1. The van der Waals surface area contributed by atoms with E-state index in [9.17, 15) is 9.18 Å². The van der Waals surface area contributed by atoms with E-state index in [2.05, 4.69) is 5.32 Å². The summed E-state index contributed by atoms with van der Waals surface area (Å²) in [5.74, 6) is -0.397. The molecule has 110 valence electrons. The maximum Gasteiger partial charge on any atom is 0.226 e. The summed E-state index contributed by atoms with van der Waals surface area (Å²) in [5.41, 5.74) is 0.763. The van der Waals surface area contributed by atoms with E-state index in [1.165, 1.54) is 6.07 Å². The monoisotopic (exact) mass is 281 g/mol. The van der Waals surface area contributed by atoms with Crippen LogP contribution in [0.5, 0.6) is 0 Å². The minimum atomic E-state index is -0.429. The molecule has 2 N–H and O–H groups in total. The number of benzene rings is 1. The largest absolute Gasteiger partial charge is 0.392 e. The quantitative estimate of drug-likeness (QED) is 0.800. The first kappa shape index (κ1) is 14.9. The van der Waals surface area contributed by atoms with Crippen LogP contribution in [0.25, 0.3) is 0 Å². The van der Waals surface area contributed by atoms with Gasteiger partial charge in [0.1, 0.15) is 5.82 Å². The van der Waals surface area contributed by atoms with Crippen LogP contribution < -0.4 is 5.32 Å². The fourth-order valence-electron chi connectivity index (χ4n) is 2.27. The molecule has 20 heavy (non-hydrogen) atoms. The molecule has 0 heterocycles. The lowest BCUT2D eigenvalue weighted by Crippen LogP contribution is -2.32. The molecule has 0 aromatic heterocycles. The van der Waals surface area contributed by atoms with Gasteiger partial charge in [-0.15, -0.1) is 0 Å². The molecular weight excluding hydrogens is 261 g/mol. The van der Waals surface area contributed by atoms with Gasteiger partial charge in [0, 0.05) is 25.8 Å². The van der Waals surface area contributed by atoms with Gasteiger partial charge in [0.15, 0.2) is 0 Å². The Morgan fingerprint density at radius 3 is 2.85 bits per heavy atom. The van der Waals surface area contributed by atoms with Crippen LogP contribution in [0.4, 0.5) is 4.39 Å². The second-order valence-corrected chi connectivity index (χ2v) is 5.29. The number of methoxy groups -OCH3 is 1. The van der Waals surface area contributed by atoms with Gasteiger partial charge < -0.3 is 15.2 Å². The number of nitrogens with one attached hydrogen (secondary N) is 1. The van der Waals surface area contributed by atoms with Gasteiger partial charge in [0.25, 0.3) is 0 Å². The maximum atomic E-state index is 13.2. The van der Waals surface area contributed by atoms with Gasteiger partial charge >= 0.3 is 0 Å². The molecule has 4 nitrogen and oxygen atoms in total. The van der Waals surface area contributed by atoms with Gasteiger partial charge in [-0.1, -0.05) is 6.07 Å². The van der Waals surface area contributed by atoms with Crippen molar-refractivity contribution in [1.82, 2.24) is 5.32 Å². The lowest BCUT2D eigenvalue weighted by molar-refractivity contribution is -0.127. The highest BCUT2D eigenvalue weighted by Gasteiger charge is 2.48. The molecule has 1 fully saturated rings. The van der Waals surface area contributed by atoms with E-state index in [-0.39, 0.29) is 23.5 Å². The molecule has 1 aliphatic rings. The lowest BCUT2D eigenvalue weighted by atomic mass is 10.0. The van der Waals surface area contributed by atoms with Crippen molar-refractivity contribution in [3.8, 4) is 0 Å². The van der Waals surface area contributed by atoms with Gasteiger partial charge in [-0.25, -0.2) is 4.39 Å². The fourth-order valence-corrected chi connectivity index (χ4v) is 2.27. The summed E-state index contributed by atoms with van der Waals surface area (Å²) in [6.07, 6.45) is 2.53. The number of carbonyl (C=O) groups is 1. The van der Waals surface area contributed by atoms with E-state index in [0.717, 1.165) is 24.8 Å². The summed E-state index contributed by atoms with van der Waals surface area (Å²) in [4.78, 5) is 12.1. The Morgan fingerprint density at radius 2 is 2.25 bits per heavy atom. The molecule has 1 saturated carbocycles. The Bertz CT molecular complexity index is 486. The molecule has 0 unspecified atom stereocenters. The number of aliphatic hydroxyl groups is 1. The van der Waals surface area contributed by atoms with E-state index in [0.29, 0.717) is 13.2 Å². The van der Waals surface area contributed by atoms with Crippen molar-refractivity contribution in [3.63, 3.8) is 0 Å². The second kappa shape index (κ2) is 6.33. The van der Waals surface area contributed by atoms with Crippen molar-refractivity contribution in [2.45, 2.75) is 32.4 Å². The highest BCUT2D eigenvalue weighted by atomic mass is 19.1. The molecule has 0 bridgehead atoms. The second-order valence-electron chi connectivity index (χ2n) is 5.29. The predicted octanol–water partition coefficient (Wildman–Crippen LogP) is 1.75. The minimum Gasteiger partial charge on any atom is -0.392 e. The smallest absolute Gasteiger partial charge is 0.226 e. The van der Waals surface area contributed by atoms with Crippen molar-refractivity contribution in [1.29, 1.82) is 0 Å². The molecule has 0 radical (unpaired) electrons. The van der Waals surface area contributed by atoms with E-state index >= 15 is 0 Å². The summed E-state index contributed by atoms with van der Waals surface area (Å²) in [6, 6.07) is 4.50. The Kier molecular flexibility index (Phi) is 4.73. The number of hydrogen-bond acceptors (Lipinski definition) is 3. The van der Waals surface area contributed by atoms with Crippen LogP contribution in [0.3, 0.4) is 0 Å². The van der Waals surface area contributed by atoms with Gasteiger partial charge in [-0.2, -0.15) is 0 Å². The number of aliphatic hydroxyl groups excluding tert-OH is 1. The van der Waals surface area contributed by atoms with Crippen LogP contribution in [0, 0.1) is 11.2 Å². The highest BCUT2D eigenvalue weighted by Crippen LogP contribution is 2.48. The van der Waals surface area contributed by atoms with E-state index in [4.69, 9.17) is 9.84 Å². The predicted molar refractivity (Wildman–Crippen MR) is 72.3 cm³/mol. The zero-order valence-corrected chi connectivity index (χ0v) is 11.6. The summed E-state index contributed by atoms with van der Waals surface area (Å²) in [7, 11) is 1.63. The first-order valence-corrected chi connectivity index (χ1v) is 6.77. The Labute approximate surface area is 117 Å². The first-order valence-electron chi connectivity index (χ1n) is 6.77. The third-order valence-corrected chi connectivity index (χ3v) is 3.85. The van der Waals surface area contributed by atoms with Crippen molar-refractivity contribution >= 4 is 5.91 Å². The number of halogens is 1. The third kappa shape index (κ3) is 3.35. The molecule has 1 aromatic carbocycles. The Morgan fingerprint density at radius 1 is 1.50 bits per heavy atom. The van der Waals surface area contributed by atoms with Crippen LogP contribution >= 0.6 is 0 Å². The molecule has 0 spiro atoms. The maximum absolute atomic E-state index is 13.2. The fraction of sp³-hybridized carbons (Fsp3) is 0.533. The number of ether oxygens (including phenoxy) is 1. The van der Waals surface area contributed by atoms with Crippen molar-refractivity contribution in [3.05, 3.63) is 35.1 Å². The summed E-state index contributed by atoms with van der Waals surface area (Å²) < 4.78 is 18.3. The van der Waals surface area contributed by atoms with Crippen molar-refractivity contribution < 1.29 is 19.0 Å². The minimum absolute atomic E-state index is 0.0319. The number of rotatable bonds is 7. The van der Waals surface area contributed by atoms with Crippen LogP contribution in [0.15, 0.2) is 18.2 Å². The van der Waals surface area contributed by atoms with Gasteiger partial charge in [0.2, 0.25) is 5.91 Å². The molecule has 1 aromatic rings. The molecule has 0 aliphatic heterocycles. The number of hydrogen-bond donors (Lipinski definition) is 2. The molecule has 1 aliphatic carbocycles.